The van der Waals surface area contributed by atoms with Crippen molar-refractivity contribution in [3.05, 3.63) is 66.4 Å². The lowest BCUT2D eigenvalue weighted by Gasteiger charge is -2.09. The second-order valence-corrected chi connectivity index (χ2v) is 6.84. The van der Waals surface area contributed by atoms with Crippen LogP contribution >= 0.6 is 11.8 Å². The molecule has 0 amide bonds. The van der Waals surface area contributed by atoms with E-state index < -0.39 is 11.7 Å². The number of aromatic amines is 1. The van der Waals surface area contributed by atoms with Gasteiger partial charge in [0, 0.05) is 22.2 Å². The Morgan fingerprint density at radius 1 is 0.926 bits per heavy atom. The Morgan fingerprint density at radius 2 is 1.70 bits per heavy atom. The van der Waals surface area contributed by atoms with E-state index in [1.54, 1.807) is 30.1 Å². The number of hydrogen-bond acceptors (Lipinski definition) is 3. The Balaban J connectivity index is 1.91. The van der Waals surface area contributed by atoms with Crippen LogP contribution in [0.4, 0.5) is 13.2 Å². The average Bonchev–Trinajstić information content (AvgIpc) is 3.12. The summed E-state index contributed by atoms with van der Waals surface area (Å²) in [6.07, 6.45) is -0.749. The fraction of sp³-hybridized carbons (Fsp3) is 0.100. The molecule has 27 heavy (non-hydrogen) atoms. The number of nitrogens with one attached hydrogen (secondary N) is 1. The van der Waals surface area contributed by atoms with Crippen LogP contribution in [0.2, 0.25) is 0 Å². The standard InChI is InChI=1S/C20H14F3N3S/c1-27-15-7-5-12(6-8-15)18-17-16(9-10-24-18)25-26-19(17)13-3-2-4-14(11-13)20(21,22)23/h2-11H,1H3,(H,25,26). The molecular formula is C20H14F3N3S. The van der Waals surface area contributed by atoms with E-state index in [1.165, 1.54) is 6.07 Å². The fourth-order valence-electron chi connectivity index (χ4n) is 2.99. The lowest BCUT2D eigenvalue weighted by atomic mass is 10.0. The van der Waals surface area contributed by atoms with Gasteiger partial charge in [0.2, 0.25) is 0 Å². The van der Waals surface area contributed by atoms with E-state index in [9.17, 15) is 13.2 Å². The summed E-state index contributed by atoms with van der Waals surface area (Å²) in [6, 6.07) is 14.8. The van der Waals surface area contributed by atoms with E-state index >= 15 is 0 Å². The molecule has 0 radical (unpaired) electrons. The van der Waals surface area contributed by atoms with Crippen LogP contribution in [0.5, 0.6) is 0 Å². The van der Waals surface area contributed by atoms with Gasteiger partial charge in [-0.3, -0.25) is 10.1 Å². The highest BCUT2D eigenvalue weighted by molar-refractivity contribution is 7.98. The molecule has 0 aliphatic heterocycles. The summed E-state index contributed by atoms with van der Waals surface area (Å²) in [4.78, 5) is 5.59. The Labute approximate surface area is 157 Å². The number of benzene rings is 2. The molecule has 2 heterocycles. The van der Waals surface area contributed by atoms with E-state index in [2.05, 4.69) is 15.2 Å². The first-order valence-electron chi connectivity index (χ1n) is 8.12. The Kier molecular flexibility index (Phi) is 4.39. The largest absolute Gasteiger partial charge is 0.416 e. The third-order valence-electron chi connectivity index (χ3n) is 4.30. The minimum atomic E-state index is -4.41. The van der Waals surface area contributed by atoms with Crippen molar-refractivity contribution in [3.8, 4) is 22.5 Å². The number of halogens is 3. The molecule has 0 aliphatic rings. The van der Waals surface area contributed by atoms with Crippen molar-refractivity contribution >= 4 is 22.7 Å². The maximum atomic E-state index is 13.1. The molecule has 2 aromatic heterocycles. The molecule has 0 fully saturated rings. The number of hydrogen-bond donors (Lipinski definition) is 1. The smallest absolute Gasteiger partial charge is 0.277 e. The summed E-state index contributed by atoms with van der Waals surface area (Å²) in [7, 11) is 0. The highest BCUT2D eigenvalue weighted by Crippen LogP contribution is 2.36. The van der Waals surface area contributed by atoms with Crippen molar-refractivity contribution in [3.63, 3.8) is 0 Å². The van der Waals surface area contributed by atoms with Crippen LogP contribution in [0.15, 0.2) is 65.7 Å². The van der Waals surface area contributed by atoms with Gasteiger partial charge in [-0.05, 0) is 36.6 Å². The monoisotopic (exact) mass is 385 g/mol. The topological polar surface area (TPSA) is 41.6 Å². The number of aromatic nitrogens is 3. The Hall–Kier alpha value is -2.80. The molecule has 0 aliphatic carbocycles. The van der Waals surface area contributed by atoms with Crippen LogP contribution in [-0.4, -0.2) is 21.4 Å². The minimum absolute atomic E-state index is 0.394. The fourth-order valence-corrected chi connectivity index (χ4v) is 3.39. The molecule has 1 N–H and O–H groups in total. The van der Waals surface area contributed by atoms with E-state index in [1.807, 2.05) is 30.5 Å². The predicted molar refractivity (Wildman–Crippen MR) is 102 cm³/mol. The van der Waals surface area contributed by atoms with Gasteiger partial charge in [0.15, 0.2) is 0 Å². The Bertz CT molecular complexity index is 1100. The van der Waals surface area contributed by atoms with Crippen molar-refractivity contribution in [2.75, 3.05) is 6.26 Å². The summed E-state index contributed by atoms with van der Waals surface area (Å²) in [5.41, 5.74) is 2.43. The zero-order valence-electron chi connectivity index (χ0n) is 14.2. The third kappa shape index (κ3) is 3.30. The number of nitrogens with zero attached hydrogens (tertiary/aromatic N) is 2. The van der Waals surface area contributed by atoms with E-state index in [0.717, 1.165) is 28.1 Å². The van der Waals surface area contributed by atoms with Gasteiger partial charge in [0.05, 0.1) is 22.2 Å². The molecule has 4 aromatic rings. The first kappa shape index (κ1) is 17.6. The van der Waals surface area contributed by atoms with Crippen molar-refractivity contribution in [2.24, 2.45) is 0 Å². The van der Waals surface area contributed by atoms with Crippen LogP contribution in [-0.2, 0) is 6.18 Å². The zero-order chi connectivity index (χ0) is 19.0. The highest BCUT2D eigenvalue weighted by Gasteiger charge is 2.30. The average molecular weight is 385 g/mol. The molecule has 0 unspecified atom stereocenters. The number of pyridine rings is 1. The molecule has 0 spiro atoms. The van der Waals surface area contributed by atoms with E-state index in [-0.39, 0.29) is 0 Å². The number of thioether (sulfide) groups is 1. The molecular weight excluding hydrogens is 371 g/mol. The summed E-state index contributed by atoms with van der Waals surface area (Å²) >= 11 is 1.64. The maximum Gasteiger partial charge on any atom is 0.416 e. The van der Waals surface area contributed by atoms with Crippen LogP contribution < -0.4 is 0 Å². The van der Waals surface area contributed by atoms with Crippen LogP contribution in [0.25, 0.3) is 33.4 Å². The first-order chi connectivity index (χ1) is 13.0. The van der Waals surface area contributed by atoms with Gasteiger partial charge in [-0.2, -0.15) is 18.3 Å². The maximum absolute atomic E-state index is 13.1. The van der Waals surface area contributed by atoms with E-state index in [4.69, 9.17) is 0 Å². The molecule has 0 bridgehead atoms. The molecule has 3 nitrogen and oxygen atoms in total. The minimum Gasteiger partial charge on any atom is -0.277 e. The molecule has 4 rings (SSSR count). The van der Waals surface area contributed by atoms with Gasteiger partial charge in [-0.15, -0.1) is 11.8 Å². The molecule has 0 saturated carbocycles. The summed E-state index contributed by atoms with van der Waals surface area (Å²) in [6.45, 7) is 0. The van der Waals surface area contributed by atoms with E-state index in [0.29, 0.717) is 22.3 Å². The summed E-state index contributed by atoms with van der Waals surface area (Å²) < 4.78 is 39.3. The lowest BCUT2D eigenvalue weighted by Crippen LogP contribution is -2.04. The molecule has 136 valence electrons. The second-order valence-electron chi connectivity index (χ2n) is 5.96. The highest BCUT2D eigenvalue weighted by atomic mass is 32.2. The normalized spacial score (nSPS) is 11.9. The predicted octanol–water partition coefficient (Wildman–Crippen LogP) is 6.03. The number of fused-ring (bicyclic) bond motifs is 1. The Morgan fingerprint density at radius 3 is 2.41 bits per heavy atom. The van der Waals surface area contributed by atoms with Crippen molar-refractivity contribution < 1.29 is 13.2 Å². The quantitative estimate of drug-likeness (QED) is 0.438. The zero-order valence-corrected chi connectivity index (χ0v) is 15.0. The van der Waals surface area contributed by atoms with Crippen LogP contribution in [0.1, 0.15) is 5.56 Å². The summed E-state index contributed by atoms with van der Waals surface area (Å²) in [5, 5.41) is 7.88. The molecule has 0 atom stereocenters. The summed E-state index contributed by atoms with van der Waals surface area (Å²) in [5.74, 6) is 0. The van der Waals surface area contributed by atoms with Crippen molar-refractivity contribution in [1.82, 2.24) is 15.2 Å². The van der Waals surface area contributed by atoms with Gasteiger partial charge in [-0.1, -0.05) is 24.3 Å². The van der Waals surface area contributed by atoms with Gasteiger partial charge in [0.1, 0.15) is 5.69 Å². The van der Waals surface area contributed by atoms with Crippen molar-refractivity contribution in [2.45, 2.75) is 11.1 Å². The van der Waals surface area contributed by atoms with Gasteiger partial charge >= 0.3 is 6.18 Å². The molecule has 2 aromatic carbocycles. The lowest BCUT2D eigenvalue weighted by molar-refractivity contribution is -0.137. The molecule has 0 saturated heterocycles. The van der Waals surface area contributed by atoms with Gasteiger partial charge < -0.3 is 0 Å². The second kappa shape index (κ2) is 6.74. The number of H-pyrrole nitrogens is 1. The number of rotatable bonds is 3. The first-order valence-corrected chi connectivity index (χ1v) is 9.35. The van der Waals surface area contributed by atoms with Gasteiger partial charge in [-0.25, -0.2) is 0 Å². The number of alkyl halides is 3. The van der Waals surface area contributed by atoms with Crippen LogP contribution in [0, 0.1) is 0 Å². The van der Waals surface area contributed by atoms with Crippen molar-refractivity contribution in [1.29, 1.82) is 0 Å². The molecule has 7 heteroatoms. The van der Waals surface area contributed by atoms with Crippen LogP contribution in [0.3, 0.4) is 0 Å². The SMILES string of the molecule is CSc1ccc(-c2nccc3[nH]nc(-c4cccc(C(F)(F)F)c4)c23)cc1. The van der Waals surface area contributed by atoms with Gasteiger partial charge in [0.25, 0.3) is 0 Å². The third-order valence-corrected chi connectivity index (χ3v) is 5.05.